The van der Waals surface area contributed by atoms with Crippen molar-refractivity contribution in [3.05, 3.63) is 39.9 Å². The molecule has 0 fully saturated rings. The molecule has 1 N–H and O–H groups in total. The second kappa shape index (κ2) is 5.87. The average molecular weight is 276 g/mol. The van der Waals surface area contributed by atoms with E-state index in [1.165, 1.54) is 22.9 Å². The predicted octanol–water partition coefficient (Wildman–Crippen LogP) is 1.24. The van der Waals surface area contributed by atoms with E-state index in [9.17, 15) is 14.9 Å². The third-order valence-electron chi connectivity index (χ3n) is 2.54. The number of para-hydroxylation sites is 1. The fourth-order valence-electron chi connectivity index (χ4n) is 1.65. The third kappa shape index (κ3) is 2.76. The van der Waals surface area contributed by atoms with Crippen LogP contribution in [0.25, 0.3) is 0 Å². The summed E-state index contributed by atoms with van der Waals surface area (Å²) in [5.41, 5.74) is -0.303. The highest BCUT2D eigenvalue weighted by Gasteiger charge is 2.20. The van der Waals surface area contributed by atoms with Crippen LogP contribution in [0.1, 0.15) is 23.7 Å². The number of nitro groups is 1. The molecule has 0 aliphatic rings. The van der Waals surface area contributed by atoms with Crippen LogP contribution in [0.2, 0.25) is 0 Å². The summed E-state index contributed by atoms with van der Waals surface area (Å²) >= 11 is 0. The first-order valence-electron chi connectivity index (χ1n) is 5.94. The molecule has 1 aromatic heterocycles. The fraction of sp³-hybridized carbons (Fsp3) is 0.273. The zero-order chi connectivity index (χ0) is 14.5. The minimum Gasteiger partial charge on any atom is -0.289 e. The number of tetrazole rings is 1. The monoisotopic (exact) mass is 276 g/mol. The zero-order valence-corrected chi connectivity index (χ0v) is 10.7. The quantitative estimate of drug-likeness (QED) is 0.648. The van der Waals surface area contributed by atoms with Gasteiger partial charge in [-0.2, -0.15) is 0 Å². The van der Waals surface area contributed by atoms with Crippen LogP contribution in [0.15, 0.2) is 24.3 Å². The first kappa shape index (κ1) is 13.6. The number of nitrogens with zero attached hydrogens (tertiary/aromatic N) is 5. The van der Waals surface area contributed by atoms with E-state index in [1.54, 1.807) is 6.07 Å². The Morgan fingerprint density at radius 1 is 1.45 bits per heavy atom. The van der Waals surface area contributed by atoms with Crippen LogP contribution < -0.4 is 5.32 Å². The van der Waals surface area contributed by atoms with Gasteiger partial charge >= 0.3 is 0 Å². The highest BCUT2D eigenvalue weighted by atomic mass is 16.6. The number of hydrogen-bond acceptors (Lipinski definition) is 6. The Kier molecular flexibility index (Phi) is 3.99. The van der Waals surface area contributed by atoms with Gasteiger partial charge in [0.05, 0.1) is 4.92 Å². The van der Waals surface area contributed by atoms with E-state index in [1.807, 2.05) is 6.92 Å². The van der Waals surface area contributed by atoms with Crippen LogP contribution in [0, 0.1) is 10.1 Å². The molecule has 9 heteroatoms. The fourth-order valence-corrected chi connectivity index (χ4v) is 1.65. The first-order chi connectivity index (χ1) is 9.63. The third-order valence-corrected chi connectivity index (χ3v) is 2.54. The number of benzene rings is 1. The molecule has 2 aromatic rings. The highest BCUT2D eigenvalue weighted by molar-refractivity contribution is 6.06. The molecule has 0 atom stereocenters. The minimum atomic E-state index is -0.621. The molecule has 1 aromatic carbocycles. The maximum atomic E-state index is 12.1. The van der Waals surface area contributed by atoms with Gasteiger partial charge in [0.2, 0.25) is 5.95 Å². The van der Waals surface area contributed by atoms with Gasteiger partial charge in [0.15, 0.2) is 0 Å². The van der Waals surface area contributed by atoms with Crippen molar-refractivity contribution >= 4 is 17.5 Å². The second-order valence-corrected chi connectivity index (χ2v) is 3.95. The van der Waals surface area contributed by atoms with E-state index in [0.717, 1.165) is 6.42 Å². The van der Waals surface area contributed by atoms with Gasteiger partial charge < -0.3 is 0 Å². The first-order valence-corrected chi connectivity index (χ1v) is 5.94. The smallest absolute Gasteiger partial charge is 0.282 e. The van der Waals surface area contributed by atoms with Gasteiger partial charge in [-0.25, -0.2) is 4.68 Å². The van der Waals surface area contributed by atoms with Crippen molar-refractivity contribution in [3.63, 3.8) is 0 Å². The van der Waals surface area contributed by atoms with Gasteiger partial charge in [-0.1, -0.05) is 24.2 Å². The van der Waals surface area contributed by atoms with Gasteiger partial charge in [-0.15, -0.1) is 0 Å². The van der Waals surface area contributed by atoms with Crippen LogP contribution in [-0.4, -0.2) is 31.0 Å². The number of aryl methyl sites for hydroxylation is 1. The molecular weight excluding hydrogens is 264 g/mol. The molecule has 0 saturated heterocycles. The summed E-state index contributed by atoms with van der Waals surface area (Å²) in [5, 5.41) is 24.2. The molecule has 0 aliphatic heterocycles. The van der Waals surface area contributed by atoms with E-state index >= 15 is 0 Å². The minimum absolute atomic E-state index is 0.0384. The van der Waals surface area contributed by atoms with Crippen molar-refractivity contribution in [2.75, 3.05) is 5.32 Å². The average Bonchev–Trinajstić information content (AvgIpc) is 2.86. The van der Waals surface area contributed by atoms with Crippen molar-refractivity contribution in [1.29, 1.82) is 0 Å². The van der Waals surface area contributed by atoms with Gasteiger partial charge in [0.1, 0.15) is 5.56 Å². The lowest BCUT2D eigenvalue weighted by molar-refractivity contribution is -0.385. The van der Waals surface area contributed by atoms with Crippen LogP contribution in [0.4, 0.5) is 11.6 Å². The van der Waals surface area contributed by atoms with E-state index in [-0.39, 0.29) is 17.2 Å². The standard InChI is InChI=1S/C11H12N6O3/c1-2-7-16-11(13-14-15-16)12-10(18)8-5-3-4-6-9(8)17(19)20/h3-6H,2,7H2,1H3,(H,12,13,15,18). The molecule has 2 rings (SSSR count). The Hall–Kier alpha value is -2.84. The summed E-state index contributed by atoms with van der Waals surface area (Å²) in [7, 11) is 0. The van der Waals surface area contributed by atoms with Crippen molar-refractivity contribution in [1.82, 2.24) is 20.2 Å². The van der Waals surface area contributed by atoms with Gasteiger partial charge in [0, 0.05) is 12.6 Å². The van der Waals surface area contributed by atoms with Crippen molar-refractivity contribution < 1.29 is 9.72 Å². The Balaban J connectivity index is 2.24. The number of carbonyl (C=O) groups excluding carboxylic acids is 1. The highest BCUT2D eigenvalue weighted by Crippen LogP contribution is 2.18. The lowest BCUT2D eigenvalue weighted by Crippen LogP contribution is -2.17. The number of anilines is 1. The SMILES string of the molecule is CCCn1nnnc1NC(=O)c1ccccc1[N+](=O)[O-]. The van der Waals surface area contributed by atoms with Gasteiger partial charge in [0.25, 0.3) is 11.6 Å². The molecule has 0 bridgehead atoms. The van der Waals surface area contributed by atoms with Crippen molar-refractivity contribution in [2.45, 2.75) is 19.9 Å². The summed E-state index contributed by atoms with van der Waals surface area (Å²) in [6.07, 6.45) is 0.791. The second-order valence-electron chi connectivity index (χ2n) is 3.95. The molecule has 9 nitrogen and oxygen atoms in total. The number of nitrogens with one attached hydrogen (secondary N) is 1. The lowest BCUT2D eigenvalue weighted by Gasteiger charge is -2.05. The molecule has 0 radical (unpaired) electrons. The molecule has 1 heterocycles. The summed E-state index contributed by atoms with van der Waals surface area (Å²) in [6.45, 7) is 2.48. The van der Waals surface area contributed by atoms with E-state index in [0.29, 0.717) is 6.54 Å². The summed E-state index contributed by atoms with van der Waals surface area (Å²) < 4.78 is 1.42. The molecule has 0 unspecified atom stereocenters. The lowest BCUT2D eigenvalue weighted by atomic mass is 10.1. The topological polar surface area (TPSA) is 116 Å². The van der Waals surface area contributed by atoms with Gasteiger partial charge in [-0.05, 0) is 22.9 Å². The summed E-state index contributed by atoms with van der Waals surface area (Å²) in [4.78, 5) is 22.3. The molecule has 104 valence electrons. The van der Waals surface area contributed by atoms with Crippen molar-refractivity contribution in [2.24, 2.45) is 0 Å². The Labute approximate surface area is 113 Å². The maximum Gasteiger partial charge on any atom is 0.282 e. The number of rotatable bonds is 5. The molecule has 0 spiro atoms. The largest absolute Gasteiger partial charge is 0.289 e. The molecule has 0 saturated carbocycles. The number of nitro benzene ring substituents is 1. The van der Waals surface area contributed by atoms with Crippen LogP contribution >= 0.6 is 0 Å². The van der Waals surface area contributed by atoms with E-state index in [2.05, 4.69) is 20.8 Å². The van der Waals surface area contributed by atoms with Crippen LogP contribution in [0.5, 0.6) is 0 Å². The zero-order valence-electron chi connectivity index (χ0n) is 10.7. The van der Waals surface area contributed by atoms with E-state index in [4.69, 9.17) is 0 Å². The van der Waals surface area contributed by atoms with Crippen molar-refractivity contribution in [3.8, 4) is 0 Å². The number of aromatic nitrogens is 4. The Bertz CT molecular complexity index is 639. The molecule has 1 amide bonds. The number of carbonyl (C=O) groups is 1. The number of hydrogen-bond donors (Lipinski definition) is 1. The normalized spacial score (nSPS) is 10.2. The molecule has 0 aliphatic carbocycles. The number of amides is 1. The van der Waals surface area contributed by atoms with Crippen LogP contribution in [-0.2, 0) is 6.54 Å². The van der Waals surface area contributed by atoms with E-state index < -0.39 is 10.8 Å². The Morgan fingerprint density at radius 3 is 2.90 bits per heavy atom. The van der Waals surface area contributed by atoms with Crippen LogP contribution in [0.3, 0.4) is 0 Å². The Morgan fingerprint density at radius 2 is 2.20 bits per heavy atom. The predicted molar refractivity (Wildman–Crippen MR) is 69.2 cm³/mol. The maximum absolute atomic E-state index is 12.1. The molecule has 20 heavy (non-hydrogen) atoms. The van der Waals surface area contributed by atoms with Gasteiger partial charge in [-0.3, -0.25) is 20.2 Å². The summed E-state index contributed by atoms with van der Waals surface area (Å²) in [5.74, 6) is -0.459. The summed E-state index contributed by atoms with van der Waals surface area (Å²) in [6, 6.07) is 5.69. The molecular formula is C11H12N6O3.